The van der Waals surface area contributed by atoms with E-state index in [1.54, 1.807) is 12.1 Å². The average molecular weight is 365 g/mol. The van der Waals surface area contributed by atoms with Gasteiger partial charge in [0, 0.05) is 56.4 Å². The zero-order valence-electron chi connectivity index (χ0n) is 15.1. The molecule has 27 heavy (non-hydrogen) atoms. The van der Waals surface area contributed by atoms with Crippen molar-refractivity contribution in [2.75, 3.05) is 39.3 Å². The molecule has 2 aromatic carbocycles. The van der Waals surface area contributed by atoms with Crippen molar-refractivity contribution in [1.29, 1.82) is 0 Å². The lowest BCUT2D eigenvalue weighted by Gasteiger charge is -2.48. The van der Waals surface area contributed by atoms with Crippen LogP contribution in [0.1, 0.15) is 20.7 Å². The van der Waals surface area contributed by atoms with Gasteiger partial charge in [-0.1, -0.05) is 18.2 Å². The molecule has 2 aliphatic rings. The Morgan fingerprint density at radius 1 is 0.741 bits per heavy atom. The number of phenols is 1. The van der Waals surface area contributed by atoms with E-state index >= 15 is 0 Å². The number of hydrogen-bond acceptors (Lipinski definition) is 4. The minimum Gasteiger partial charge on any atom is -0.508 e. The van der Waals surface area contributed by atoms with Crippen molar-refractivity contribution in [2.24, 2.45) is 0 Å². The molecule has 6 heteroatoms. The van der Waals surface area contributed by atoms with E-state index in [9.17, 15) is 14.7 Å². The lowest BCUT2D eigenvalue weighted by Crippen LogP contribution is -2.64. The molecule has 0 atom stereocenters. The fourth-order valence-corrected chi connectivity index (χ4v) is 3.69. The van der Waals surface area contributed by atoms with Crippen LogP contribution in [-0.2, 0) is 0 Å². The molecule has 2 saturated heterocycles. The van der Waals surface area contributed by atoms with Crippen molar-refractivity contribution in [1.82, 2.24) is 14.7 Å². The number of piperazine rings is 1. The summed E-state index contributed by atoms with van der Waals surface area (Å²) in [6.07, 6.45) is 0. The molecule has 0 saturated carbocycles. The molecule has 1 N–H and O–H groups in total. The average Bonchev–Trinajstić information content (AvgIpc) is 2.68. The third-order valence-electron chi connectivity index (χ3n) is 5.40. The molecule has 2 fully saturated rings. The highest BCUT2D eigenvalue weighted by molar-refractivity contribution is 5.95. The Morgan fingerprint density at radius 2 is 1.30 bits per heavy atom. The highest BCUT2D eigenvalue weighted by Crippen LogP contribution is 2.21. The predicted octanol–water partition coefficient (Wildman–Crippen LogP) is 1.67. The van der Waals surface area contributed by atoms with Gasteiger partial charge in [-0.3, -0.25) is 14.5 Å². The van der Waals surface area contributed by atoms with Crippen molar-refractivity contribution < 1.29 is 14.7 Å². The maximum atomic E-state index is 12.5. The van der Waals surface area contributed by atoms with Gasteiger partial charge < -0.3 is 14.9 Å². The SMILES string of the molecule is O=C(c1ccccc1)N1CCN(C2CN(C(=O)c3ccc(O)cc3)C2)CC1. The molecule has 6 nitrogen and oxygen atoms in total. The summed E-state index contributed by atoms with van der Waals surface area (Å²) < 4.78 is 0. The summed E-state index contributed by atoms with van der Waals surface area (Å²) >= 11 is 0. The maximum absolute atomic E-state index is 12.5. The summed E-state index contributed by atoms with van der Waals surface area (Å²) in [5, 5.41) is 9.33. The van der Waals surface area contributed by atoms with Crippen LogP contribution in [0, 0.1) is 0 Å². The molecule has 0 aliphatic carbocycles. The molecular formula is C21H23N3O3. The van der Waals surface area contributed by atoms with Gasteiger partial charge in [-0.2, -0.15) is 0 Å². The summed E-state index contributed by atoms with van der Waals surface area (Å²) in [7, 11) is 0. The Morgan fingerprint density at radius 3 is 1.93 bits per heavy atom. The topological polar surface area (TPSA) is 64.1 Å². The molecule has 4 rings (SSSR count). The fourth-order valence-electron chi connectivity index (χ4n) is 3.69. The first kappa shape index (κ1) is 17.5. The van der Waals surface area contributed by atoms with E-state index in [2.05, 4.69) is 4.90 Å². The second-order valence-electron chi connectivity index (χ2n) is 7.11. The molecule has 2 aromatic rings. The molecule has 0 aromatic heterocycles. The Labute approximate surface area is 158 Å². The van der Waals surface area contributed by atoms with Crippen molar-refractivity contribution in [2.45, 2.75) is 6.04 Å². The third-order valence-corrected chi connectivity index (χ3v) is 5.40. The minimum absolute atomic E-state index is 0.00383. The van der Waals surface area contributed by atoms with Gasteiger partial charge in [0.05, 0.1) is 0 Å². The quantitative estimate of drug-likeness (QED) is 0.899. The molecule has 0 radical (unpaired) electrons. The van der Waals surface area contributed by atoms with Crippen LogP contribution >= 0.6 is 0 Å². The second-order valence-corrected chi connectivity index (χ2v) is 7.11. The number of likely N-dealkylation sites (tertiary alicyclic amines) is 1. The number of carbonyl (C=O) groups is 2. The van der Waals surface area contributed by atoms with Crippen molar-refractivity contribution in [3.05, 3.63) is 65.7 Å². The van der Waals surface area contributed by atoms with Crippen LogP contribution in [0.4, 0.5) is 0 Å². The molecule has 0 bridgehead atoms. The van der Waals surface area contributed by atoms with Crippen LogP contribution in [0.5, 0.6) is 5.75 Å². The van der Waals surface area contributed by atoms with Crippen LogP contribution < -0.4 is 0 Å². The van der Waals surface area contributed by atoms with E-state index < -0.39 is 0 Å². The monoisotopic (exact) mass is 365 g/mol. The summed E-state index contributed by atoms with van der Waals surface area (Å²) in [5.41, 5.74) is 1.34. The second kappa shape index (κ2) is 7.40. The third kappa shape index (κ3) is 3.66. The maximum Gasteiger partial charge on any atom is 0.253 e. The lowest BCUT2D eigenvalue weighted by molar-refractivity contribution is 0.00854. The van der Waals surface area contributed by atoms with E-state index in [4.69, 9.17) is 0 Å². The van der Waals surface area contributed by atoms with Crippen LogP contribution in [-0.4, -0.2) is 76.9 Å². The number of nitrogens with zero attached hydrogens (tertiary/aromatic N) is 3. The zero-order valence-corrected chi connectivity index (χ0v) is 15.1. The van der Waals surface area contributed by atoms with E-state index in [0.717, 1.165) is 31.7 Å². The van der Waals surface area contributed by atoms with Crippen molar-refractivity contribution in [3.63, 3.8) is 0 Å². The predicted molar refractivity (Wildman–Crippen MR) is 102 cm³/mol. The van der Waals surface area contributed by atoms with E-state index in [1.807, 2.05) is 40.1 Å². The van der Waals surface area contributed by atoms with Crippen LogP contribution in [0.15, 0.2) is 54.6 Å². The number of rotatable bonds is 3. The number of amides is 2. The Bertz CT molecular complexity index is 808. The molecule has 2 aliphatic heterocycles. The first-order valence-corrected chi connectivity index (χ1v) is 9.28. The molecule has 140 valence electrons. The van der Waals surface area contributed by atoms with Gasteiger partial charge in [-0.25, -0.2) is 0 Å². The smallest absolute Gasteiger partial charge is 0.253 e. The molecule has 2 amide bonds. The van der Waals surface area contributed by atoms with Gasteiger partial charge in [0.1, 0.15) is 5.75 Å². The van der Waals surface area contributed by atoms with Crippen LogP contribution in [0.2, 0.25) is 0 Å². The molecule has 0 spiro atoms. The van der Waals surface area contributed by atoms with Gasteiger partial charge in [0.25, 0.3) is 11.8 Å². The first-order valence-electron chi connectivity index (χ1n) is 9.28. The lowest BCUT2D eigenvalue weighted by atomic mass is 10.0. The molecule has 2 heterocycles. The van der Waals surface area contributed by atoms with Crippen molar-refractivity contribution >= 4 is 11.8 Å². The van der Waals surface area contributed by atoms with Gasteiger partial charge in [0.2, 0.25) is 0 Å². The number of hydrogen-bond donors (Lipinski definition) is 1. The number of benzene rings is 2. The Balaban J connectivity index is 1.26. The fraction of sp³-hybridized carbons (Fsp3) is 0.333. The molecule has 0 unspecified atom stereocenters. The number of carbonyl (C=O) groups excluding carboxylic acids is 2. The summed E-state index contributed by atoms with van der Waals surface area (Å²) in [6.45, 7) is 4.54. The highest BCUT2D eigenvalue weighted by Gasteiger charge is 2.36. The largest absolute Gasteiger partial charge is 0.508 e. The van der Waals surface area contributed by atoms with E-state index in [0.29, 0.717) is 24.7 Å². The van der Waals surface area contributed by atoms with Crippen LogP contribution in [0.3, 0.4) is 0 Å². The minimum atomic E-state index is 0.00383. The summed E-state index contributed by atoms with van der Waals surface area (Å²) in [5.74, 6) is 0.257. The van der Waals surface area contributed by atoms with E-state index in [1.165, 1.54) is 12.1 Å². The van der Waals surface area contributed by atoms with Crippen LogP contribution in [0.25, 0.3) is 0 Å². The van der Waals surface area contributed by atoms with E-state index in [-0.39, 0.29) is 17.6 Å². The van der Waals surface area contributed by atoms with Gasteiger partial charge in [0.15, 0.2) is 0 Å². The number of phenolic OH excluding ortho intramolecular Hbond substituents is 1. The standard InChI is InChI=1S/C21H23N3O3/c25-19-8-6-17(7-9-19)21(27)24-14-18(15-24)22-10-12-23(13-11-22)20(26)16-4-2-1-3-5-16/h1-9,18,25H,10-15H2. The van der Waals surface area contributed by atoms with Gasteiger partial charge in [-0.15, -0.1) is 0 Å². The van der Waals surface area contributed by atoms with Crippen molar-refractivity contribution in [3.8, 4) is 5.75 Å². The Hall–Kier alpha value is -2.86. The molecular weight excluding hydrogens is 342 g/mol. The number of aromatic hydroxyl groups is 1. The first-order chi connectivity index (χ1) is 13.1. The normalized spacial score (nSPS) is 18.2. The van der Waals surface area contributed by atoms with Gasteiger partial charge >= 0.3 is 0 Å². The highest BCUT2D eigenvalue weighted by atomic mass is 16.3. The van der Waals surface area contributed by atoms with Gasteiger partial charge in [-0.05, 0) is 36.4 Å². The summed E-state index contributed by atoms with van der Waals surface area (Å²) in [4.78, 5) is 31.1. The summed E-state index contributed by atoms with van der Waals surface area (Å²) in [6, 6.07) is 16.1. The Kier molecular flexibility index (Phi) is 4.81. The zero-order chi connectivity index (χ0) is 18.8.